The van der Waals surface area contributed by atoms with Gasteiger partial charge < -0.3 is 10.1 Å². The van der Waals surface area contributed by atoms with Gasteiger partial charge in [0.25, 0.3) is 0 Å². The van der Waals surface area contributed by atoms with Crippen molar-refractivity contribution in [2.75, 3.05) is 26.8 Å². The maximum absolute atomic E-state index is 5.08. The first-order chi connectivity index (χ1) is 9.06. The Kier molecular flexibility index (Phi) is 7.11. The second-order valence-corrected chi connectivity index (χ2v) is 5.78. The van der Waals surface area contributed by atoms with E-state index in [1.807, 2.05) is 0 Å². The number of hydrogen-bond acceptors (Lipinski definition) is 2. The molecule has 0 amide bonds. The van der Waals surface area contributed by atoms with Crippen LogP contribution in [0.1, 0.15) is 30.5 Å². The molecule has 0 heterocycles. The normalized spacial score (nSPS) is 12.9. The molecule has 0 saturated heterocycles. The predicted molar refractivity (Wildman–Crippen MR) is 82.7 cm³/mol. The number of hydrogen-bond donors (Lipinski definition) is 1. The molecule has 0 radical (unpaired) electrons. The van der Waals surface area contributed by atoms with Gasteiger partial charge in [-0.3, -0.25) is 0 Å². The van der Waals surface area contributed by atoms with Crippen LogP contribution in [0, 0.1) is 25.7 Å². The fraction of sp³-hybridized carbons (Fsp3) is 0.647. The van der Waals surface area contributed by atoms with E-state index >= 15 is 0 Å². The van der Waals surface area contributed by atoms with Gasteiger partial charge in [0.1, 0.15) is 0 Å². The summed E-state index contributed by atoms with van der Waals surface area (Å²) in [6.45, 7) is 11.9. The zero-order chi connectivity index (χ0) is 14.3. The van der Waals surface area contributed by atoms with Gasteiger partial charge in [0, 0.05) is 13.7 Å². The van der Waals surface area contributed by atoms with E-state index in [2.05, 4.69) is 51.2 Å². The van der Waals surface area contributed by atoms with Crippen molar-refractivity contribution in [3.05, 3.63) is 34.9 Å². The molecule has 0 saturated carbocycles. The van der Waals surface area contributed by atoms with Gasteiger partial charge in [-0.2, -0.15) is 0 Å². The molecule has 0 spiro atoms. The molecular weight excluding hydrogens is 234 g/mol. The molecule has 0 aliphatic heterocycles. The van der Waals surface area contributed by atoms with Crippen LogP contribution in [0.2, 0.25) is 0 Å². The lowest BCUT2D eigenvalue weighted by Gasteiger charge is -2.23. The second kappa shape index (κ2) is 8.34. The molecule has 0 aromatic heterocycles. The first-order valence-electron chi connectivity index (χ1n) is 7.31. The van der Waals surface area contributed by atoms with Gasteiger partial charge in [-0.05, 0) is 55.3 Å². The highest BCUT2D eigenvalue weighted by Crippen LogP contribution is 2.22. The molecule has 2 nitrogen and oxygen atoms in total. The van der Waals surface area contributed by atoms with E-state index in [-0.39, 0.29) is 0 Å². The molecule has 1 unspecified atom stereocenters. The quantitative estimate of drug-likeness (QED) is 0.726. The van der Waals surface area contributed by atoms with Crippen molar-refractivity contribution in [3.8, 4) is 0 Å². The minimum Gasteiger partial charge on any atom is -0.383 e. The molecular formula is C17H29NO. The highest BCUT2D eigenvalue weighted by molar-refractivity contribution is 5.33. The van der Waals surface area contributed by atoms with Gasteiger partial charge in [-0.1, -0.05) is 32.0 Å². The summed E-state index contributed by atoms with van der Waals surface area (Å²) in [5.74, 6) is 1.37. The number of aryl methyl sites for hydroxylation is 2. The highest BCUT2D eigenvalue weighted by atomic mass is 16.5. The summed E-state index contributed by atoms with van der Waals surface area (Å²) in [6.07, 6.45) is 1.16. The maximum atomic E-state index is 5.08. The zero-order valence-electron chi connectivity index (χ0n) is 13.1. The Morgan fingerprint density at radius 1 is 1.16 bits per heavy atom. The van der Waals surface area contributed by atoms with Gasteiger partial charge in [0.15, 0.2) is 0 Å². The summed E-state index contributed by atoms with van der Waals surface area (Å²) in [4.78, 5) is 0. The molecule has 2 heteroatoms. The van der Waals surface area contributed by atoms with Gasteiger partial charge in [-0.15, -0.1) is 0 Å². The Balaban J connectivity index is 2.62. The standard InChI is InChI=1S/C17H29NO/c1-13(2)16(12-18-9-10-19-5)11-17-14(3)7-6-8-15(17)4/h6-8,13,16,18H,9-12H2,1-5H3. The zero-order valence-corrected chi connectivity index (χ0v) is 13.1. The van der Waals surface area contributed by atoms with Gasteiger partial charge >= 0.3 is 0 Å². The van der Waals surface area contributed by atoms with Gasteiger partial charge in [0.05, 0.1) is 6.61 Å². The van der Waals surface area contributed by atoms with E-state index in [0.29, 0.717) is 11.8 Å². The van der Waals surface area contributed by atoms with E-state index < -0.39 is 0 Å². The molecule has 1 atom stereocenters. The van der Waals surface area contributed by atoms with E-state index in [0.717, 1.165) is 26.1 Å². The summed E-state index contributed by atoms with van der Waals surface area (Å²) < 4.78 is 5.08. The first kappa shape index (κ1) is 16.2. The van der Waals surface area contributed by atoms with E-state index in [1.54, 1.807) is 7.11 Å². The average molecular weight is 263 g/mol. The van der Waals surface area contributed by atoms with Crippen LogP contribution in [0.4, 0.5) is 0 Å². The van der Waals surface area contributed by atoms with Crippen molar-refractivity contribution in [2.24, 2.45) is 11.8 Å². The average Bonchev–Trinajstić information content (AvgIpc) is 2.36. The molecule has 108 valence electrons. The minimum atomic E-state index is 0.677. The van der Waals surface area contributed by atoms with Crippen molar-refractivity contribution >= 4 is 0 Å². The largest absolute Gasteiger partial charge is 0.383 e. The van der Waals surface area contributed by atoms with E-state index in [4.69, 9.17) is 4.74 Å². The monoisotopic (exact) mass is 263 g/mol. The molecule has 0 bridgehead atoms. The van der Waals surface area contributed by atoms with Gasteiger partial charge in [-0.25, -0.2) is 0 Å². The predicted octanol–water partition coefficient (Wildman–Crippen LogP) is 3.35. The Labute approximate surface area is 118 Å². The summed E-state index contributed by atoms with van der Waals surface area (Å²) in [5, 5.41) is 3.50. The van der Waals surface area contributed by atoms with Crippen LogP contribution in [0.3, 0.4) is 0 Å². The lowest BCUT2D eigenvalue weighted by Crippen LogP contribution is -2.30. The van der Waals surface area contributed by atoms with Gasteiger partial charge in [0.2, 0.25) is 0 Å². The molecule has 0 fully saturated rings. The lowest BCUT2D eigenvalue weighted by atomic mass is 9.86. The Hall–Kier alpha value is -0.860. The van der Waals surface area contributed by atoms with Crippen molar-refractivity contribution in [3.63, 3.8) is 0 Å². The highest BCUT2D eigenvalue weighted by Gasteiger charge is 2.15. The summed E-state index contributed by atoms with van der Waals surface area (Å²) in [5.41, 5.74) is 4.36. The Morgan fingerprint density at radius 3 is 2.32 bits per heavy atom. The lowest BCUT2D eigenvalue weighted by molar-refractivity contribution is 0.196. The van der Waals surface area contributed by atoms with Crippen molar-refractivity contribution < 1.29 is 4.74 Å². The number of methoxy groups -OCH3 is 1. The fourth-order valence-corrected chi connectivity index (χ4v) is 2.44. The SMILES string of the molecule is COCCNCC(Cc1c(C)cccc1C)C(C)C. The summed E-state index contributed by atoms with van der Waals surface area (Å²) in [7, 11) is 1.75. The van der Waals surface area contributed by atoms with Crippen LogP contribution in [-0.2, 0) is 11.2 Å². The molecule has 1 aromatic carbocycles. The summed E-state index contributed by atoms with van der Waals surface area (Å²) >= 11 is 0. The second-order valence-electron chi connectivity index (χ2n) is 5.78. The number of nitrogens with one attached hydrogen (secondary N) is 1. The van der Waals surface area contributed by atoms with Crippen LogP contribution in [0.25, 0.3) is 0 Å². The van der Waals surface area contributed by atoms with Crippen LogP contribution < -0.4 is 5.32 Å². The van der Waals surface area contributed by atoms with Crippen molar-refractivity contribution in [1.82, 2.24) is 5.32 Å². The van der Waals surface area contributed by atoms with E-state index in [1.165, 1.54) is 16.7 Å². The minimum absolute atomic E-state index is 0.677. The third kappa shape index (κ3) is 5.33. The maximum Gasteiger partial charge on any atom is 0.0587 e. The third-order valence-electron chi connectivity index (χ3n) is 3.94. The molecule has 0 aliphatic carbocycles. The molecule has 1 rings (SSSR count). The van der Waals surface area contributed by atoms with Crippen molar-refractivity contribution in [2.45, 2.75) is 34.1 Å². The van der Waals surface area contributed by atoms with Crippen LogP contribution >= 0.6 is 0 Å². The first-order valence-corrected chi connectivity index (χ1v) is 7.31. The molecule has 0 aliphatic rings. The smallest absolute Gasteiger partial charge is 0.0587 e. The molecule has 1 N–H and O–H groups in total. The van der Waals surface area contributed by atoms with Crippen LogP contribution in [-0.4, -0.2) is 26.8 Å². The third-order valence-corrected chi connectivity index (χ3v) is 3.94. The topological polar surface area (TPSA) is 21.3 Å². The van der Waals surface area contributed by atoms with E-state index in [9.17, 15) is 0 Å². The Morgan fingerprint density at radius 2 is 1.79 bits per heavy atom. The fourth-order valence-electron chi connectivity index (χ4n) is 2.44. The number of benzene rings is 1. The molecule has 19 heavy (non-hydrogen) atoms. The summed E-state index contributed by atoms with van der Waals surface area (Å²) in [6, 6.07) is 6.59. The number of ether oxygens (including phenoxy) is 1. The van der Waals surface area contributed by atoms with Crippen LogP contribution in [0.15, 0.2) is 18.2 Å². The van der Waals surface area contributed by atoms with Crippen LogP contribution in [0.5, 0.6) is 0 Å². The van der Waals surface area contributed by atoms with Crippen molar-refractivity contribution in [1.29, 1.82) is 0 Å². The number of rotatable bonds is 8. The molecule has 1 aromatic rings. The Bertz CT molecular complexity index is 353.